The lowest BCUT2D eigenvalue weighted by Gasteiger charge is -2.18. The second-order valence-electron chi connectivity index (χ2n) is 5.30. The maximum Gasteiger partial charge on any atom is 0.180 e. The molecule has 2 N–H and O–H groups in total. The number of anilines is 2. The summed E-state index contributed by atoms with van der Waals surface area (Å²) < 4.78 is 1.99. The van der Waals surface area contributed by atoms with Crippen molar-refractivity contribution < 1.29 is 0 Å². The molecule has 0 amide bonds. The number of hydrogen-bond acceptors (Lipinski definition) is 5. The average Bonchev–Trinajstić information content (AvgIpc) is 2.85. The Bertz CT molecular complexity index is 548. The third kappa shape index (κ3) is 3.60. The predicted molar refractivity (Wildman–Crippen MR) is 83.4 cm³/mol. The first-order valence-corrected chi connectivity index (χ1v) is 7.09. The molecule has 2 rings (SSSR count). The highest BCUT2D eigenvalue weighted by atomic mass is 15.2. The van der Waals surface area contributed by atoms with Gasteiger partial charge >= 0.3 is 0 Å². The van der Waals surface area contributed by atoms with Crippen molar-refractivity contribution in [3.63, 3.8) is 0 Å². The second-order valence-corrected chi connectivity index (χ2v) is 5.30. The van der Waals surface area contributed by atoms with Crippen LogP contribution in [-0.4, -0.2) is 52.5 Å². The van der Waals surface area contributed by atoms with Crippen LogP contribution in [0.3, 0.4) is 0 Å². The lowest BCUT2D eigenvalue weighted by atomic mass is 10.2. The molecule has 0 radical (unpaired) electrons. The number of nitrogens with zero attached hydrogens (tertiary/aromatic N) is 4. The molecule has 20 heavy (non-hydrogen) atoms. The monoisotopic (exact) mass is 276 g/mol. The van der Waals surface area contributed by atoms with Crippen LogP contribution in [0.5, 0.6) is 0 Å². The molecule has 0 bridgehead atoms. The molecule has 6 heteroatoms. The van der Waals surface area contributed by atoms with Gasteiger partial charge in [0, 0.05) is 25.0 Å². The summed E-state index contributed by atoms with van der Waals surface area (Å²) >= 11 is 0. The van der Waals surface area contributed by atoms with Crippen molar-refractivity contribution in [1.82, 2.24) is 19.3 Å². The molecule has 2 heterocycles. The van der Waals surface area contributed by atoms with Crippen molar-refractivity contribution in [2.45, 2.75) is 26.3 Å². The van der Waals surface area contributed by atoms with Crippen molar-refractivity contribution in [1.29, 1.82) is 0 Å². The molecule has 1 unspecified atom stereocenters. The van der Waals surface area contributed by atoms with Gasteiger partial charge in [0.1, 0.15) is 5.82 Å². The molecule has 0 aliphatic rings. The maximum absolute atomic E-state index is 4.61. The van der Waals surface area contributed by atoms with E-state index in [4.69, 9.17) is 0 Å². The number of rotatable bonds is 7. The number of nitrogens with one attached hydrogen (secondary N) is 2. The van der Waals surface area contributed by atoms with E-state index in [0.29, 0.717) is 6.04 Å². The number of imidazole rings is 1. The van der Waals surface area contributed by atoms with Gasteiger partial charge in [-0.1, -0.05) is 0 Å². The molecule has 0 aliphatic carbocycles. The smallest absolute Gasteiger partial charge is 0.180 e. The molecule has 0 fully saturated rings. The summed E-state index contributed by atoms with van der Waals surface area (Å²) in [5, 5.41) is 6.71. The molecule has 110 valence electrons. The van der Waals surface area contributed by atoms with Crippen molar-refractivity contribution in [3.05, 3.63) is 18.6 Å². The molecule has 0 spiro atoms. The Hall–Kier alpha value is -1.82. The predicted octanol–water partition coefficient (Wildman–Crippen LogP) is 1.91. The Balaban J connectivity index is 2.16. The largest absolute Gasteiger partial charge is 0.369 e. The van der Waals surface area contributed by atoms with E-state index in [1.165, 1.54) is 0 Å². The first kappa shape index (κ1) is 14.6. The fraction of sp³-hybridized carbons (Fsp3) is 0.571. The van der Waals surface area contributed by atoms with Gasteiger partial charge in [0.2, 0.25) is 0 Å². The third-order valence-corrected chi connectivity index (χ3v) is 3.12. The quantitative estimate of drug-likeness (QED) is 0.809. The van der Waals surface area contributed by atoms with Crippen LogP contribution in [0.4, 0.5) is 11.6 Å². The lowest BCUT2D eigenvalue weighted by molar-refractivity contribution is 0.390. The SMILES string of the molecule is CCNc1cn2ccnc2c(NC(C)CCN(C)C)n1. The fourth-order valence-corrected chi connectivity index (χ4v) is 2.05. The fourth-order valence-electron chi connectivity index (χ4n) is 2.05. The molecule has 0 saturated carbocycles. The normalized spacial score (nSPS) is 12.8. The van der Waals surface area contributed by atoms with Gasteiger partial charge in [0.25, 0.3) is 0 Å². The summed E-state index contributed by atoms with van der Waals surface area (Å²) in [7, 11) is 4.17. The van der Waals surface area contributed by atoms with Gasteiger partial charge in [-0.15, -0.1) is 0 Å². The minimum absolute atomic E-state index is 0.349. The van der Waals surface area contributed by atoms with Crippen molar-refractivity contribution in [3.8, 4) is 0 Å². The summed E-state index contributed by atoms with van der Waals surface area (Å²) in [6.45, 7) is 6.13. The Morgan fingerprint density at radius 2 is 2.20 bits per heavy atom. The number of aromatic nitrogens is 3. The van der Waals surface area contributed by atoms with E-state index in [1.54, 1.807) is 6.20 Å². The van der Waals surface area contributed by atoms with Crippen molar-refractivity contribution in [2.75, 3.05) is 37.8 Å². The van der Waals surface area contributed by atoms with E-state index in [1.807, 2.05) is 16.8 Å². The highest BCUT2D eigenvalue weighted by molar-refractivity contribution is 5.65. The zero-order chi connectivity index (χ0) is 14.5. The van der Waals surface area contributed by atoms with Crippen LogP contribution in [0.25, 0.3) is 5.65 Å². The molecular weight excluding hydrogens is 252 g/mol. The summed E-state index contributed by atoms with van der Waals surface area (Å²) in [4.78, 5) is 11.2. The molecule has 0 aliphatic heterocycles. The highest BCUT2D eigenvalue weighted by Gasteiger charge is 2.10. The molecule has 2 aromatic rings. The summed E-state index contributed by atoms with van der Waals surface area (Å²) in [5.41, 5.74) is 0.864. The van der Waals surface area contributed by atoms with Gasteiger partial charge in [-0.3, -0.25) is 0 Å². The van der Waals surface area contributed by atoms with Crippen LogP contribution in [0, 0.1) is 0 Å². The van der Waals surface area contributed by atoms with Crippen LogP contribution < -0.4 is 10.6 Å². The molecule has 2 aromatic heterocycles. The molecule has 1 atom stereocenters. The first-order valence-electron chi connectivity index (χ1n) is 7.09. The maximum atomic E-state index is 4.61. The van der Waals surface area contributed by atoms with E-state index in [-0.39, 0.29) is 0 Å². The van der Waals surface area contributed by atoms with E-state index < -0.39 is 0 Å². The molecular formula is C14H24N6. The topological polar surface area (TPSA) is 57.5 Å². The lowest BCUT2D eigenvalue weighted by Crippen LogP contribution is -2.24. The Morgan fingerprint density at radius 1 is 1.40 bits per heavy atom. The van der Waals surface area contributed by atoms with E-state index in [2.05, 4.69) is 53.4 Å². The van der Waals surface area contributed by atoms with E-state index in [9.17, 15) is 0 Å². The Kier molecular flexibility index (Phi) is 4.79. The third-order valence-electron chi connectivity index (χ3n) is 3.12. The minimum atomic E-state index is 0.349. The van der Waals surface area contributed by atoms with E-state index >= 15 is 0 Å². The van der Waals surface area contributed by atoms with Gasteiger partial charge in [-0.05, 0) is 40.9 Å². The minimum Gasteiger partial charge on any atom is -0.369 e. The first-order chi connectivity index (χ1) is 9.60. The van der Waals surface area contributed by atoms with Crippen LogP contribution in [0.15, 0.2) is 18.6 Å². The summed E-state index contributed by atoms with van der Waals surface area (Å²) in [6.07, 6.45) is 6.75. The Morgan fingerprint density at radius 3 is 2.90 bits per heavy atom. The van der Waals surface area contributed by atoms with Crippen molar-refractivity contribution in [2.24, 2.45) is 0 Å². The van der Waals surface area contributed by atoms with Gasteiger partial charge in [0.15, 0.2) is 11.5 Å². The van der Waals surface area contributed by atoms with Crippen LogP contribution >= 0.6 is 0 Å². The molecule has 6 nitrogen and oxygen atoms in total. The van der Waals surface area contributed by atoms with Gasteiger partial charge < -0.3 is 19.9 Å². The zero-order valence-corrected chi connectivity index (χ0v) is 12.7. The van der Waals surface area contributed by atoms with Crippen LogP contribution in [-0.2, 0) is 0 Å². The average molecular weight is 276 g/mol. The van der Waals surface area contributed by atoms with Crippen LogP contribution in [0.2, 0.25) is 0 Å². The van der Waals surface area contributed by atoms with Crippen LogP contribution in [0.1, 0.15) is 20.3 Å². The van der Waals surface area contributed by atoms with Gasteiger partial charge in [0.05, 0.1) is 6.20 Å². The molecule has 0 aromatic carbocycles. The molecule has 0 saturated heterocycles. The second kappa shape index (κ2) is 6.56. The van der Waals surface area contributed by atoms with E-state index in [0.717, 1.165) is 36.8 Å². The number of hydrogen-bond donors (Lipinski definition) is 2. The summed E-state index contributed by atoms with van der Waals surface area (Å²) in [6, 6.07) is 0.349. The number of fused-ring (bicyclic) bond motifs is 1. The van der Waals surface area contributed by atoms with Gasteiger partial charge in [-0.25, -0.2) is 9.97 Å². The highest BCUT2D eigenvalue weighted by Crippen LogP contribution is 2.17. The van der Waals surface area contributed by atoms with Gasteiger partial charge in [-0.2, -0.15) is 0 Å². The Labute approximate surface area is 120 Å². The van der Waals surface area contributed by atoms with Crippen molar-refractivity contribution >= 4 is 17.3 Å². The summed E-state index contributed by atoms with van der Waals surface area (Å²) in [5.74, 6) is 1.69. The standard InChI is InChI=1S/C14H24N6/c1-5-15-12-10-20-9-7-16-14(20)13(18-12)17-11(2)6-8-19(3)4/h7,9-11,15H,5-6,8H2,1-4H3,(H,17,18). The zero-order valence-electron chi connectivity index (χ0n) is 12.7.